The van der Waals surface area contributed by atoms with Crippen LogP contribution < -0.4 is 10.6 Å². The number of amides is 2. The standard InChI is InChI=1S/C14H25N3O/c18-14(16-12-5-1-6-12)17-9-3-4-11(10-17)13-7-2-8-15-13/h11-13,15H,1-10H2,(H,16,18). The fourth-order valence-electron chi connectivity index (χ4n) is 3.46. The number of nitrogens with one attached hydrogen (secondary N) is 2. The second-order valence-corrected chi connectivity index (χ2v) is 6.13. The minimum atomic E-state index is 0.183. The highest BCUT2D eigenvalue weighted by molar-refractivity contribution is 5.74. The summed E-state index contributed by atoms with van der Waals surface area (Å²) in [7, 11) is 0. The summed E-state index contributed by atoms with van der Waals surface area (Å²) in [5.74, 6) is 0.674. The zero-order chi connectivity index (χ0) is 12.4. The summed E-state index contributed by atoms with van der Waals surface area (Å²) in [5.41, 5.74) is 0. The fraction of sp³-hybridized carbons (Fsp3) is 0.929. The molecule has 1 saturated carbocycles. The number of rotatable bonds is 2. The fourth-order valence-corrected chi connectivity index (χ4v) is 3.46. The summed E-state index contributed by atoms with van der Waals surface area (Å²) in [6.07, 6.45) is 8.67. The van der Waals surface area contributed by atoms with Crippen LogP contribution in [0.5, 0.6) is 0 Å². The summed E-state index contributed by atoms with van der Waals surface area (Å²) in [6, 6.07) is 1.30. The Balaban J connectivity index is 1.50. The molecule has 3 aliphatic rings. The van der Waals surface area contributed by atoms with E-state index in [0.29, 0.717) is 18.0 Å². The van der Waals surface area contributed by atoms with Gasteiger partial charge in [-0.05, 0) is 57.4 Å². The number of nitrogens with zero attached hydrogens (tertiary/aromatic N) is 1. The van der Waals surface area contributed by atoms with E-state index in [1.165, 1.54) is 44.9 Å². The molecule has 0 aromatic carbocycles. The summed E-state index contributed by atoms with van der Waals surface area (Å²) in [5, 5.41) is 6.75. The molecule has 1 aliphatic carbocycles. The van der Waals surface area contributed by atoms with Crippen molar-refractivity contribution in [3.05, 3.63) is 0 Å². The first-order chi connectivity index (χ1) is 8.83. The zero-order valence-corrected chi connectivity index (χ0v) is 11.2. The van der Waals surface area contributed by atoms with Gasteiger partial charge in [0.25, 0.3) is 0 Å². The molecule has 2 amide bonds. The van der Waals surface area contributed by atoms with Crippen molar-refractivity contribution >= 4 is 6.03 Å². The van der Waals surface area contributed by atoms with Crippen LogP contribution in [0.1, 0.15) is 44.9 Å². The van der Waals surface area contributed by atoms with Gasteiger partial charge in [-0.25, -0.2) is 4.79 Å². The van der Waals surface area contributed by atoms with Crippen molar-refractivity contribution in [2.45, 2.75) is 57.0 Å². The van der Waals surface area contributed by atoms with Gasteiger partial charge < -0.3 is 15.5 Å². The van der Waals surface area contributed by atoms with Gasteiger partial charge in [0.15, 0.2) is 0 Å². The highest BCUT2D eigenvalue weighted by Gasteiger charge is 2.31. The Kier molecular flexibility index (Phi) is 3.73. The lowest BCUT2D eigenvalue weighted by molar-refractivity contribution is 0.146. The molecule has 4 nitrogen and oxygen atoms in total. The number of carbonyl (C=O) groups is 1. The van der Waals surface area contributed by atoms with Crippen LogP contribution in [-0.4, -0.2) is 42.6 Å². The normalized spacial score (nSPS) is 33.2. The molecule has 2 saturated heterocycles. The second kappa shape index (κ2) is 5.47. The minimum absolute atomic E-state index is 0.183. The third kappa shape index (κ3) is 2.63. The maximum Gasteiger partial charge on any atom is 0.317 e. The molecule has 0 spiro atoms. The molecule has 2 unspecified atom stereocenters. The predicted octanol–water partition coefficient (Wildman–Crippen LogP) is 1.71. The van der Waals surface area contributed by atoms with Crippen molar-refractivity contribution in [3.63, 3.8) is 0 Å². The highest BCUT2D eigenvalue weighted by atomic mass is 16.2. The molecule has 2 N–H and O–H groups in total. The van der Waals surface area contributed by atoms with Gasteiger partial charge in [-0.15, -0.1) is 0 Å². The van der Waals surface area contributed by atoms with Crippen LogP contribution in [-0.2, 0) is 0 Å². The van der Waals surface area contributed by atoms with Crippen molar-refractivity contribution in [1.82, 2.24) is 15.5 Å². The summed E-state index contributed by atoms with van der Waals surface area (Å²) in [4.78, 5) is 14.2. The zero-order valence-electron chi connectivity index (χ0n) is 11.2. The van der Waals surface area contributed by atoms with Crippen LogP contribution in [0.15, 0.2) is 0 Å². The predicted molar refractivity (Wildman–Crippen MR) is 71.5 cm³/mol. The Morgan fingerprint density at radius 1 is 1.11 bits per heavy atom. The van der Waals surface area contributed by atoms with E-state index in [-0.39, 0.29) is 6.03 Å². The summed E-state index contributed by atoms with van der Waals surface area (Å²) < 4.78 is 0. The van der Waals surface area contributed by atoms with E-state index >= 15 is 0 Å². The number of likely N-dealkylation sites (tertiary alicyclic amines) is 1. The van der Waals surface area contributed by atoms with Gasteiger partial charge in [-0.3, -0.25) is 0 Å². The molecule has 0 bridgehead atoms. The summed E-state index contributed by atoms with van der Waals surface area (Å²) in [6.45, 7) is 3.06. The van der Waals surface area contributed by atoms with E-state index < -0.39 is 0 Å². The van der Waals surface area contributed by atoms with Crippen LogP contribution in [0.2, 0.25) is 0 Å². The lowest BCUT2D eigenvalue weighted by atomic mass is 9.89. The van der Waals surface area contributed by atoms with Gasteiger partial charge in [0.2, 0.25) is 0 Å². The first-order valence-corrected chi connectivity index (χ1v) is 7.62. The average Bonchev–Trinajstić information content (AvgIpc) is 2.87. The molecule has 18 heavy (non-hydrogen) atoms. The molecule has 3 fully saturated rings. The number of urea groups is 1. The molecule has 0 radical (unpaired) electrons. The third-order valence-electron chi connectivity index (χ3n) is 4.85. The first kappa shape index (κ1) is 12.3. The van der Waals surface area contributed by atoms with Crippen molar-refractivity contribution in [3.8, 4) is 0 Å². The maximum atomic E-state index is 12.2. The maximum absolute atomic E-state index is 12.2. The molecule has 2 aliphatic heterocycles. The van der Waals surface area contributed by atoms with Crippen LogP contribution in [0.25, 0.3) is 0 Å². The number of hydrogen-bond acceptors (Lipinski definition) is 2. The molecular formula is C14H25N3O. The van der Waals surface area contributed by atoms with E-state index in [1.807, 2.05) is 4.90 Å². The van der Waals surface area contributed by atoms with Gasteiger partial charge in [-0.2, -0.15) is 0 Å². The van der Waals surface area contributed by atoms with Gasteiger partial charge in [0.05, 0.1) is 0 Å². The molecule has 2 heterocycles. The van der Waals surface area contributed by atoms with Crippen LogP contribution in [0.3, 0.4) is 0 Å². The number of piperidine rings is 1. The molecule has 2 atom stereocenters. The Labute approximate surface area is 109 Å². The SMILES string of the molecule is O=C(NC1CCC1)N1CCCC(C2CCCN2)C1. The van der Waals surface area contributed by atoms with E-state index in [0.717, 1.165) is 19.6 Å². The Bertz CT molecular complexity index is 297. The molecule has 102 valence electrons. The largest absolute Gasteiger partial charge is 0.335 e. The topological polar surface area (TPSA) is 44.4 Å². The minimum Gasteiger partial charge on any atom is -0.335 e. The van der Waals surface area contributed by atoms with Gasteiger partial charge in [-0.1, -0.05) is 0 Å². The second-order valence-electron chi connectivity index (χ2n) is 6.13. The highest BCUT2D eigenvalue weighted by Crippen LogP contribution is 2.25. The quantitative estimate of drug-likeness (QED) is 0.785. The smallest absolute Gasteiger partial charge is 0.317 e. The first-order valence-electron chi connectivity index (χ1n) is 7.62. The van der Waals surface area contributed by atoms with E-state index in [4.69, 9.17) is 0 Å². The van der Waals surface area contributed by atoms with Crippen molar-refractivity contribution in [2.75, 3.05) is 19.6 Å². The van der Waals surface area contributed by atoms with Crippen molar-refractivity contribution in [2.24, 2.45) is 5.92 Å². The van der Waals surface area contributed by atoms with Crippen molar-refractivity contribution < 1.29 is 4.79 Å². The molecular weight excluding hydrogens is 226 g/mol. The van der Waals surface area contributed by atoms with Gasteiger partial charge in [0.1, 0.15) is 0 Å². The van der Waals surface area contributed by atoms with Crippen LogP contribution in [0.4, 0.5) is 4.79 Å². The molecule has 0 aromatic heterocycles. The lowest BCUT2D eigenvalue weighted by Gasteiger charge is -2.37. The van der Waals surface area contributed by atoms with Gasteiger partial charge in [0, 0.05) is 25.2 Å². The number of hydrogen-bond donors (Lipinski definition) is 2. The van der Waals surface area contributed by atoms with Crippen LogP contribution in [0, 0.1) is 5.92 Å². The number of carbonyl (C=O) groups excluding carboxylic acids is 1. The third-order valence-corrected chi connectivity index (χ3v) is 4.85. The van der Waals surface area contributed by atoms with E-state index in [1.54, 1.807) is 0 Å². The van der Waals surface area contributed by atoms with E-state index in [9.17, 15) is 4.79 Å². The Hall–Kier alpha value is -0.770. The molecule has 4 heteroatoms. The molecule has 3 rings (SSSR count). The monoisotopic (exact) mass is 251 g/mol. The van der Waals surface area contributed by atoms with Gasteiger partial charge >= 0.3 is 6.03 Å². The lowest BCUT2D eigenvalue weighted by Crippen LogP contribution is -2.52. The van der Waals surface area contributed by atoms with E-state index in [2.05, 4.69) is 10.6 Å². The average molecular weight is 251 g/mol. The Morgan fingerprint density at radius 2 is 2.00 bits per heavy atom. The molecule has 0 aromatic rings. The van der Waals surface area contributed by atoms with Crippen LogP contribution >= 0.6 is 0 Å². The van der Waals surface area contributed by atoms with Crippen molar-refractivity contribution in [1.29, 1.82) is 0 Å². The summed E-state index contributed by atoms with van der Waals surface area (Å²) >= 11 is 0. The Morgan fingerprint density at radius 3 is 2.67 bits per heavy atom.